The number of hydrogen-bond acceptors (Lipinski definition) is 6. The Bertz CT molecular complexity index is 940. The Hall–Kier alpha value is -2.92. The molecule has 1 aliphatic carbocycles. The van der Waals surface area contributed by atoms with E-state index in [0.29, 0.717) is 23.3 Å². The lowest BCUT2D eigenvalue weighted by molar-refractivity contribution is 0.168. The number of hydrogen-bond donors (Lipinski definition) is 3. The van der Waals surface area contributed by atoms with Crippen molar-refractivity contribution in [3.8, 4) is 23.2 Å². The summed E-state index contributed by atoms with van der Waals surface area (Å²) in [5.41, 5.74) is 1.79. The third-order valence-electron chi connectivity index (χ3n) is 4.98. The average Bonchev–Trinajstić information content (AvgIpc) is 3.32. The van der Waals surface area contributed by atoms with Crippen LogP contribution in [0.5, 0.6) is 5.88 Å². The first-order chi connectivity index (χ1) is 12.2. The monoisotopic (exact) mass is 338 g/mol. The topological polar surface area (TPSA) is 124 Å². The molecule has 25 heavy (non-hydrogen) atoms. The molecule has 0 saturated heterocycles. The zero-order valence-corrected chi connectivity index (χ0v) is 13.5. The van der Waals surface area contributed by atoms with Crippen LogP contribution in [0, 0.1) is 17.2 Å². The summed E-state index contributed by atoms with van der Waals surface area (Å²) in [5.74, 6) is 0.105. The van der Waals surface area contributed by atoms with Crippen LogP contribution in [0.25, 0.3) is 22.3 Å². The van der Waals surface area contributed by atoms with Gasteiger partial charge in [-0.25, -0.2) is 14.6 Å². The second kappa shape index (κ2) is 6.18. The number of aromatic nitrogens is 5. The van der Waals surface area contributed by atoms with Gasteiger partial charge in [0, 0.05) is 11.6 Å². The summed E-state index contributed by atoms with van der Waals surface area (Å²) < 4.78 is 1.50. The fraction of sp³-hybridized carbons (Fsp3) is 0.412. The third-order valence-corrected chi connectivity index (χ3v) is 4.98. The molecule has 0 radical (unpaired) electrons. The predicted octanol–water partition coefficient (Wildman–Crippen LogP) is 2.14. The first-order valence-electron chi connectivity index (χ1n) is 8.29. The summed E-state index contributed by atoms with van der Waals surface area (Å²) in [6.45, 7) is 0. The largest absolute Gasteiger partial charge is 0.493 e. The van der Waals surface area contributed by atoms with E-state index in [-0.39, 0.29) is 30.4 Å². The second-order valence-corrected chi connectivity index (χ2v) is 6.45. The first-order valence-corrected chi connectivity index (χ1v) is 8.29. The van der Waals surface area contributed by atoms with Gasteiger partial charge in [-0.1, -0.05) is 0 Å². The molecule has 3 N–H and O–H groups in total. The molecule has 1 saturated carbocycles. The lowest BCUT2D eigenvalue weighted by atomic mass is 9.95. The van der Waals surface area contributed by atoms with Crippen LogP contribution in [0.2, 0.25) is 0 Å². The lowest BCUT2D eigenvalue weighted by Gasteiger charge is -2.22. The maximum atomic E-state index is 10.8. The molecule has 0 bridgehead atoms. The van der Waals surface area contributed by atoms with Crippen molar-refractivity contribution in [1.82, 2.24) is 24.7 Å². The van der Waals surface area contributed by atoms with Crippen LogP contribution >= 0.6 is 0 Å². The van der Waals surface area contributed by atoms with Gasteiger partial charge in [0.05, 0.1) is 42.1 Å². The average molecular weight is 338 g/mol. The number of aromatic amines is 1. The molecule has 1 aliphatic rings. The fourth-order valence-electron chi connectivity index (χ4n) is 3.74. The molecule has 3 aromatic heterocycles. The molecule has 128 valence electrons. The summed E-state index contributed by atoms with van der Waals surface area (Å²) in [5, 5.41) is 34.9. The molecule has 0 aliphatic heterocycles. The van der Waals surface area contributed by atoms with Crippen molar-refractivity contribution in [1.29, 1.82) is 5.26 Å². The van der Waals surface area contributed by atoms with Gasteiger partial charge in [0.25, 0.3) is 0 Å². The molecule has 3 aromatic rings. The molecule has 0 amide bonds. The highest BCUT2D eigenvalue weighted by molar-refractivity contribution is 5.91. The normalized spacial score (nSPS) is 21.4. The van der Waals surface area contributed by atoms with Gasteiger partial charge >= 0.3 is 0 Å². The molecule has 0 spiro atoms. The van der Waals surface area contributed by atoms with Crippen LogP contribution in [-0.2, 0) is 0 Å². The van der Waals surface area contributed by atoms with Gasteiger partial charge in [0.2, 0.25) is 5.88 Å². The smallest absolute Gasteiger partial charge is 0.219 e. The number of aromatic hydroxyl groups is 1. The zero-order chi connectivity index (χ0) is 17.4. The van der Waals surface area contributed by atoms with E-state index >= 15 is 0 Å². The molecule has 8 heteroatoms. The van der Waals surface area contributed by atoms with Gasteiger partial charge in [0.1, 0.15) is 12.0 Å². The predicted molar refractivity (Wildman–Crippen MR) is 89.4 cm³/mol. The van der Waals surface area contributed by atoms with Gasteiger partial charge in [-0.3, -0.25) is 0 Å². The van der Waals surface area contributed by atoms with Crippen molar-refractivity contribution in [2.24, 2.45) is 5.92 Å². The summed E-state index contributed by atoms with van der Waals surface area (Å²) in [7, 11) is 0. The zero-order valence-electron chi connectivity index (χ0n) is 13.5. The van der Waals surface area contributed by atoms with Crippen LogP contribution in [0.3, 0.4) is 0 Å². The SMILES string of the molecule is N#CCC(C1CCC(O)C1)n1ncc(-c2ncnc3[nH]ccc23)c1O. The Labute approximate surface area is 143 Å². The maximum absolute atomic E-state index is 10.8. The third kappa shape index (κ3) is 2.62. The Kier molecular flexibility index (Phi) is 3.86. The Morgan fingerprint density at radius 1 is 1.40 bits per heavy atom. The van der Waals surface area contributed by atoms with Gasteiger partial charge in [-0.2, -0.15) is 10.4 Å². The number of fused-ring (bicyclic) bond motifs is 1. The summed E-state index contributed by atoms with van der Waals surface area (Å²) in [4.78, 5) is 11.5. The van der Waals surface area contributed by atoms with Crippen molar-refractivity contribution >= 4 is 11.0 Å². The van der Waals surface area contributed by atoms with E-state index in [1.807, 2.05) is 6.07 Å². The van der Waals surface area contributed by atoms with Crippen molar-refractivity contribution in [3.63, 3.8) is 0 Å². The minimum atomic E-state index is -0.343. The first kappa shape index (κ1) is 15.6. The Morgan fingerprint density at radius 3 is 3.04 bits per heavy atom. The highest BCUT2D eigenvalue weighted by atomic mass is 16.3. The highest BCUT2D eigenvalue weighted by Gasteiger charge is 2.33. The van der Waals surface area contributed by atoms with Gasteiger partial charge < -0.3 is 15.2 Å². The van der Waals surface area contributed by atoms with Crippen molar-refractivity contribution in [2.45, 2.75) is 37.8 Å². The molecule has 0 aromatic carbocycles. The van der Waals surface area contributed by atoms with Gasteiger partial charge in [-0.15, -0.1) is 0 Å². The molecule has 4 rings (SSSR count). The Morgan fingerprint density at radius 2 is 2.28 bits per heavy atom. The standard InChI is InChI=1S/C17H18N6O2/c18-5-3-14(10-1-2-11(24)7-10)23-17(25)13(8-22-23)15-12-4-6-19-16(12)21-9-20-15/h4,6,8-11,14,24-25H,1-3,7H2,(H,19,20,21). The molecule has 3 unspecified atom stereocenters. The van der Waals surface area contributed by atoms with E-state index < -0.39 is 0 Å². The maximum Gasteiger partial charge on any atom is 0.219 e. The molecule has 1 fully saturated rings. The van der Waals surface area contributed by atoms with E-state index in [1.54, 1.807) is 12.4 Å². The fourth-order valence-corrected chi connectivity index (χ4v) is 3.74. The van der Waals surface area contributed by atoms with E-state index in [9.17, 15) is 15.5 Å². The molecule has 8 nitrogen and oxygen atoms in total. The van der Waals surface area contributed by atoms with Gasteiger partial charge in [-0.05, 0) is 31.2 Å². The van der Waals surface area contributed by atoms with E-state index in [2.05, 4.69) is 26.1 Å². The van der Waals surface area contributed by atoms with Crippen LogP contribution in [-0.4, -0.2) is 41.0 Å². The van der Waals surface area contributed by atoms with E-state index in [1.165, 1.54) is 11.0 Å². The summed E-state index contributed by atoms with van der Waals surface area (Å²) >= 11 is 0. The Balaban J connectivity index is 1.75. The number of aliphatic hydroxyl groups is 1. The summed E-state index contributed by atoms with van der Waals surface area (Å²) in [6.07, 6.45) is 6.82. The minimum Gasteiger partial charge on any atom is -0.493 e. The number of nitriles is 1. The van der Waals surface area contributed by atoms with Crippen LogP contribution in [0.4, 0.5) is 0 Å². The molecule has 3 atom stereocenters. The number of aliphatic hydroxyl groups excluding tert-OH is 1. The van der Waals surface area contributed by atoms with Crippen molar-refractivity contribution in [2.75, 3.05) is 0 Å². The van der Waals surface area contributed by atoms with Gasteiger partial charge in [0.15, 0.2) is 0 Å². The number of nitrogens with zero attached hydrogens (tertiary/aromatic N) is 5. The van der Waals surface area contributed by atoms with Crippen molar-refractivity contribution < 1.29 is 10.2 Å². The number of nitrogens with one attached hydrogen (secondary N) is 1. The number of H-pyrrole nitrogens is 1. The van der Waals surface area contributed by atoms with Crippen LogP contribution in [0.15, 0.2) is 24.8 Å². The number of rotatable bonds is 4. The summed E-state index contributed by atoms with van der Waals surface area (Å²) in [6, 6.07) is 3.76. The molecular formula is C17H18N6O2. The molecule has 3 heterocycles. The van der Waals surface area contributed by atoms with Crippen LogP contribution < -0.4 is 0 Å². The second-order valence-electron chi connectivity index (χ2n) is 6.45. The van der Waals surface area contributed by atoms with Crippen LogP contribution in [0.1, 0.15) is 31.7 Å². The van der Waals surface area contributed by atoms with E-state index in [4.69, 9.17) is 0 Å². The quantitative estimate of drug-likeness (QED) is 0.669. The lowest BCUT2D eigenvalue weighted by Crippen LogP contribution is -2.19. The minimum absolute atomic E-state index is 0.0113. The molecular weight excluding hydrogens is 320 g/mol. The van der Waals surface area contributed by atoms with E-state index in [0.717, 1.165) is 18.2 Å². The van der Waals surface area contributed by atoms with Crippen molar-refractivity contribution in [3.05, 3.63) is 24.8 Å². The highest BCUT2D eigenvalue weighted by Crippen LogP contribution is 2.40.